The fourth-order valence-electron chi connectivity index (χ4n) is 0.964. The van der Waals surface area contributed by atoms with Gasteiger partial charge in [0.05, 0.1) is 6.61 Å². The van der Waals surface area contributed by atoms with Crippen LogP contribution in [0.4, 0.5) is 13.2 Å². The van der Waals surface area contributed by atoms with Gasteiger partial charge in [-0.15, -0.1) is 0 Å². The Morgan fingerprint density at radius 1 is 1.36 bits per heavy atom. The van der Waals surface area contributed by atoms with Crippen LogP contribution in [0, 0.1) is 0 Å². The lowest BCUT2D eigenvalue weighted by molar-refractivity contribution is -0.185. The Labute approximate surface area is 80.5 Å². The summed E-state index contributed by atoms with van der Waals surface area (Å²) in [6.45, 7) is 1.13. The Morgan fingerprint density at radius 2 is 1.93 bits per heavy atom. The molecular formula is C8H14F3NO2. The first-order valence-electron chi connectivity index (χ1n) is 4.40. The topological polar surface area (TPSA) is 40.5 Å². The third kappa shape index (κ3) is 4.45. The predicted molar refractivity (Wildman–Crippen MR) is 44.6 cm³/mol. The zero-order valence-corrected chi connectivity index (χ0v) is 7.97. The number of carbonyl (C=O) groups is 1. The monoisotopic (exact) mass is 213 g/mol. The van der Waals surface area contributed by atoms with Gasteiger partial charge in [-0.05, 0) is 6.42 Å². The van der Waals surface area contributed by atoms with Crippen LogP contribution in [0.2, 0.25) is 0 Å². The second kappa shape index (κ2) is 5.85. The van der Waals surface area contributed by atoms with E-state index in [4.69, 9.17) is 5.11 Å². The predicted octanol–water partition coefficient (Wildman–Crippen LogP) is 1.17. The SMILES string of the molecule is CCCCN(CCO)C(=O)C(F)(F)F. The van der Waals surface area contributed by atoms with Gasteiger partial charge in [0.15, 0.2) is 0 Å². The molecule has 14 heavy (non-hydrogen) atoms. The van der Waals surface area contributed by atoms with Crippen molar-refractivity contribution in [3.63, 3.8) is 0 Å². The summed E-state index contributed by atoms with van der Waals surface area (Å²) in [6, 6.07) is 0. The van der Waals surface area contributed by atoms with Gasteiger partial charge in [0.1, 0.15) is 0 Å². The number of hydrogen-bond acceptors (Lipinski definition) is 2. The van der Waals surface area contributed by atoms with E-state index in [1.165, 1.54) is 0 Å². The van der Waals surface area contributed by atoms with Crippen LogP contribution < -0.4 is 0 Å². The molecule has 0 atom stereocenters. The number of aliphatic hydroxyl groups is 1. The molecule has 3 nitrogen and oxygen atoms in total. The Morgan fingerprint density at radius 3 is 2.29 bits per heavy atom. The van der Waals surface area contributed by atoms with Crippen molar-refractivity contribution < 1.29 is 23.1 Å². The summed E-state index contributed by atoms with van der Waals surface area (Å²) in [7, 11) is 0. The zero-order chi connectivity index (χ0) is 11.2. The van der Waals surface area contributed by atoms with Gasteiger partial charge in [0.2, 0.25) is 0 Å². The van der Waals surface area contributed by atoms with Gasteiger partial charge in [-0.2, -0.15) is 13.2 Å². The van der Waals surface area contributed by atoms with Crippen LogP contribution in [-0.2, 0) is 4.79 Å². The minimum absolute atomic E-state index is 0.0371. The van der Waals surface area contributed by atoms with Gasteiger partial charge in [0, 0.05) is 13.1 Å². The molecule has 0 fully saturated rings. The molecule has 84 valence electrons. The first-order chi connectivity index (χ1) is 6.43. The van der Waals surface area contributed by atoms with Crippen molar-refractivity contribution in [2.75, 3.05) is 19.7 Å². The maximum atomic E-state index is 12.0. The number of unbranched alkanes of at least 4 members (excludes halogenated alkanes) is 1. The smallest absolute Gasteiger partial charge is 0.395 e. The number of alkyl halides is 3. The molecule has 0 rings (SSSR count). The van der Waals surface area contributed by atoms with E-state index < -0.39 is 18.7 Å². The minimum atomic E-state index is -4.84. The van der Waals surface area contributed by atoms with Crippen LogP contribution in [0.25, 0.3) is 0 Å². The van der Waals surface area contributed by atoms with Gasteiger partial charge in [-0.3, -0.25) is 4.79 Å². The van der Waals surface area contributed by atoms with Crippen molar-refractivity contribution in [1.82, 2.24) is 4.90 Å². The Hall–Kier alpha value is -0.780. The first-order valence-corrected chi connectivity index (χ1v) is 4.40. The molecule has 0 saturated heterocycles. The molecule has 0 saturated carbocycles. The van der Waals surface area contributed by atoms with Crippen molar-refractivity contribution in [3.8, 4) is 0 Å². The lowest BCUT2D eigenvalue weighted by atomic mass is 10.3. The second-order valence-corrected chi connectivity index (χ2v) is 2.87. The first kappa shape index (κ1) is 13.2. The highest BCUT2D eigenvalue weighted by Crippen LogP contribution is 2.18. The number of nitrogens with zero attached hydrogens (tertiary/aromatic N) is 1. The van der Waals surface area contributed by atoms with E-state index >= 15 is 0 Å². The van der Waals surface area contributed by atoms with Crippen LogP contribution in [0.15, 0.2) is 0 Å². The van der Waals surface area contributed by atoms with Crippen molar-refractivity contribution in [1.29, 1.82) is 0 Å². The maximum Gasteiger partial charge on any atom is 0.471 e. The van der Waals surface area contributed by atoms with E-state index in [9.17, 15) is 18.0 Å². The average molecular weight is 213 g/mol. The summed E-state index contributed by atoms with van der Waals surface area (Å²) in [5, 5.41) is 8.49. The van der Waals surface area contributed by atoms with E-state index in [-0.39, 0.29) is 13.1 Å². The van der Waals surface area contributed by atoms with Gasteiger partial charge in [0.25, 0.3) is 0 Å². The molecule has 1 N–H and O–H groups in total. The lowest BCUT2D eigenvalue weighted by Gasteiger charge is -2.22. The van der Waals surface area contributed by atoms with E-state index in [1.807, 2.05) is 6.92 Å². The molecule has 0 aromatic heterocycles. The molecule has 6 heteroatoms. The maximum absolute atomic E-state index is 12.0. The summed E-state index contributed by atoms with van der Waals surface area (Å²) >= 11 is 0. The van der Waals surface area contributed by atoms with Crippen LogP contribution in [0.3, 0.4) is 0 Å². The van der Waals surface area contributed by atoms with Crippen molar-refractivity contribution >= 4 is 5.91 Å². The number of amides is 1. The minimum Gasteiger partial charge on any atom is -0.395 e. The van der Waals surface area contributed by atoms with Crippen molar-refractivity contribution in [2.24, 2.45) is 0 Å². The molecule has 0 aromatic carbocycles. The Kier molecular flexibility index (Phi) is 5.52. The molecule has 0 aromatic rings. The highest BCUT2D eigenvalue weighted by Gasteiger charge is 2.41. The highest BCUT2D eigenvalue weighted by molar-refractivity contribution is 5.81. The zero-order valence-electron chi connectivity index (χ0n) is 7.97. The molecular weight excluding hydrogens is 199 g/mol. The number of hydrogen-bond donors (Lipinski definition) is 1. The van der Waals surface area contributed by atoms with E-state index in [1.54, 1.807) is 0 Å². The molecule has 0 radical (unpaired) electrons. The summed E-state index contributed by atoms with van der Waals surface area (Å²) in [5.74, 6) is -1.87. The number of aliphatic hydroxyl groups excluding tert-OH is 1. The second-order valence-electron chi connectivity index (χ2n) is 2.87. The fraction of sp³-hybridized carbons (Fsp3) is 0.875. The van der Waals surface area contributed by atoms with Crippen LogP contribution in [0.1, 0.15) is 19.8 Å². The van der Waals surface area contributed by atoms with Crippen LogP contribution in [0.5, 0.6) is 0 Å². The molecule has 0 aliphatic carbocycles. The molecule has 0 bridgehead atoms. The average Bonchev–Trinajstić information content (AvgIpc) is 2.09. The normalized spacial score (nSPS) is 11.5. The molecule has 0 aliphatic rings. The lowest BCUT2D eigenvalue weighted by Crippen LogP contribution is -2.43. The van der Waals surface area contributed by atoms with Gasteiger partial charge >= 0.3 is 12.1 Å². The summed E-state index contributed by atoms with van der Waals surface area (Å²) < 4.78 is 35.9. The molecule has 0 spiro atoms. The summed E-state index contributed by atoms with van der Waals surface area (Å²) in [4.78, 5) is 11.4. The van der Waals surface area contributed by atoms with E-state index in [2.05, 4.69) is 0 Å². The highest BCUT2D eigenvalue weighted by atomic mass is 19.4. The van der Waals surface area contributed by atoms with Crippen molar-refractivity contribution in [3.05, 3.63) is 0 Å². The Balaban J connectivity index is 4.25. The molecule has 0 aliphatic heterocycles. The van der Waals surface area contributed by atoms with E-state index in [0.717, 1.165) is 0 Å². The number of carbonyl (C=O) groups excluding carboxylic acids is 1. The standard InChI is InChI=1S/C8H14F3NO2/c1-2-3-4-12(5-6-13)7(14)8(9,10)11/h13H,2-6H2,1H3. The third-order valence-corrected chi connectivity index (χ3v) is 1.68. The molecule has 1 amide bonds. The van der Waals surface area contributed by atoms with Gasteiger partial charge in [-0.25, -0.2) is 0 Å². The van der Waals surface area contributed by atoms with Crippen LogP contribution in [-0.4, -0.2) is 41.8 Å². The van der Waals surface area contributed by atoms with Crippen LogP contribution >= 0.6 is 0 Å². The fourth-order valence-corrected chi connectivity index (χ4v) is 0.964. The summed E-state index contributed by atoms with van der Waals surface area (Å²) in [5.41, 5.74) is 0. The van der Waals surface area contributed by atoms with Crippen molar-refractivity contribution in [2.45, 2.75) is 25.9 Å². The number of rotatable bonds is 5. The molecule has 0 heterocycles. The van der Waals surface area contributed by atoms with E-state index in [0.29, 0.717) is 17.7 Å². The number of halogens is 3. The Bertz CT molecular complexity index is 182. The largest absolute Gasteiger partial charge is 0.471 e. The van der Waals surface area contributed by atoms with Gasteiger partial charge in [-0.1, -0.05) is 13.3 Å². The molecule has 0 unspecified atom stereocenters. The third-order valence-electron chi connectivity index (χ3n) is 1.68. The summed E-state index contributed by atoms with van der Waals surface area (Å²) in [6.07, 6.45) is -3.64. The quantitative estimate of drug-likeness (QED) is 0.744. The van der Waals surface area contributed by atoms with Gasteiger partial charge < -0.3 is 10.0 Å².